The average Bonchev–Trinajstić information content (AvgIpc) is 2.27. The van der Waals surface area contributed by atoms with Crippen molar-refractivity contribution in [3.05, 3.63) is 23.8 Å². The maximum absolute atomic E-state index is 6.06. The van der Waals surface area contributed by atoms with Gasteiger partial charge in [0.1, 0.15) is 0 Å². The molecule has 0 radical (unpaired) electrons. The molecule has 0 saturated heterocycles. The number of allylic oxidation sites excluding steroid dienone is 4. The van der Waals surface area contributed by atoms with E-state index in [1.165, 1.54) is 0 Å². The third-order valence-corrected chi connectivity index (χ3v) is 5.12. The van der Waals surface area contributed by atoms with Crippen molar-refractivity contribution in [1.29, 1.82) is 0 Å². The average molecular weight is 363 g/mol. The number of hydrogen-bond acceptors (Lipinski definition) is 0. The summed E-state index contributed by atoms with van der Waals surface area (Å²) in [4.78, 5) is 0. The van der Waals surface area contributed by atoms with Crippen LogP contribution in [0.15, 0.2) is 23.8 Å². The topological polar surface area (TPSA) is 0 Å². The molecule has 2 atom stereocenters. The van der Waals surface area contributed by atoms with Gasteiger partial charge < -0.3 is 0 Å². The lowest BCUT2D eigenvalue weighted by molar-refractivity contribution is 0.386. The Labute approximate surface area is 112 Å². The molecule has 0 aromatic heterocycles. The van der Waals surface area contributed by atoms with Gasteiger partial charge in [-0.2, -0.15) is 0 Å². The second-order valence-corrected chi connectivity index (χ2v) is 5.22. The van der Waals surface area contributed by atoms with Gasteiger partial charge in [-0.1, -0.05) is 50.1 Å². The molecule has 4 heteroatoms. The Kier molecular flexibility index (Phi) is 5.54. The Morgan fingerprint density at radius 2 is 2.07 bits per heavy atom. The molecule has 1 aliphatic rings. The van der Waals surface area contributed by atoms with E-state index >= 15 is 0 Å². The fourth-order valence-electron chi connectivity index (χ4n) is 1.56. The van der Waals surface area contributed by atoms with Crippen molar-refractivity contribution < 1.29 is 0 Å². The molecular formula is C10H12Br2Cl2. The summed E-state index contributed by atoms with van der Waals surface area (Å²) in [6.45, 7) is 0. The lowest BCUT2D eigenvalue weighted by Gasteiger charge is -2.35. The van der Waals surface area contributed by atoms with E-state index in [2.05, 4.69) is 50.1 Å². The fourth-order valence-corrected chi connectivity index (χ4v) is 3.96. The number of alkyl halides is 4. The highest BCUT2D eigenvalue weighted by atomic mass is 79.9. The molecule has 0 spiro atoms. The molecule has 0 N–H and O–H groups in total. The summed E-state index contributed by atoms with van der Waals surface area (Å²) in [6, 6.07) is 0. The highest BCUT2D eigenvalue weighted by Gasteiger charge is 2.35. The number of hydrogen-bond donors (Lipinski definition) is 0. The summed E-state index contributed by atoms with van der Waals surface area (Å²) in [5, 5.41) is 1.79. The SMILES string of the molecule is ClCC1=CC(CCl)(CBr)C(CBr)C=C1. The van der Waals surface area contributed by atoms with Crippen molar-refractivity contribution >= 4 is 55.1 Å². The zero-order valence-corrected chi connectivity index (χ0v) is 12.3. The van der Waals surface area contributed by atoms with Crippen molar-refractivity contribution in [2.75, 3.05) is 22.4 Å². The van der Waals surface area contributed by atoms with E-state index in [4.69, 9.17) is 23.2 Å². The van der Waals surface area contributed by atoms with E-state index in [0.717, 1.165) is 16.2 Å². The molecule has 0 saturated carbocycles. The van der Waals surface area contributed by atoms with E-state index in [1.54, 1.807) is 0 Å². The molecule has 0 bridgehead atoms. The molecular weight excluding hydrogens is 351 g/mol. The summed E-state index contributed by atoms with van der Waals surface area (Å²) in [5.41, 5.74) is 1.16. The van der Waals surface area contributed by atoms with Gasteiger partial charge in [0.05, 0.1) is 0 Å². The van der Waals surface area contributed by atoms with Crippen LogP contribution in [0.1, 0.15) is 0 Å². The Morgan fingerprint density at radius 1 is 1.36 bits per heavy atom. The maximum Gasteiger partial charge on any atom is 0.0471 e. The van der Waals surface area contributed by atoms with E-state index < -0.39 is 0 Å². The smallest absolute Gasteiger partial charge is 0.0471 e. The van der Waals surface area contributed by atoms with Gasteiger partial charge in [-0.25, -0.2) is 0 Å². The lowest BCUT2D eigenvalue weighted by atomic mass is 9.75. The highest BCUT2D eigenvalue weighted by molar-refractivity contribution is 9.09. The zero-order chi connectivity index (χ0) is 10.6. The van der Waals surface area contributed by atoms with Crippen molar-refractivity contribution in [2.24, 2.45) is 11.3 Å². The van der Waals surface area contributed by atoms with Gasteiger partial charge in [0.15, 0.2) is 0 Å². The molecule has 0 fully saturated rings. The van der Waals surface area contributed by atoms with Crippen LogP contribution in [0.3, 0.4) is 0 Å². The second-order valence-electron chi connectivity index (χ2n) is 3.47. The third kappa shape index (κ3) is 2.58. The van der Waals surface area contributed by atoms with E-state index in [0.29, 0.717) is 17.7 Å². The largest absolute Gasteiger partial charge is 0.126 e. The summed E-state index contributed by atoms with van der Waals surface area (Å²) >= 11 is 18.9. The zero-order valence-electron chi connectivity index (χ0n) is 7.65. The summed E-state index contributed by atoms with van der Waals surface area (Å²) in [7, 11) is 0. The first-order valence-electron chi connectivity index (χ1n) is 4.36. The summed E-state index contributed by atoms with van der Waals surface area (Å²) < 4.78 is 0. The molecule has 0 amide bonds. The van der Waals surface area contributed by atoms with E-state index in [1.807, 2.05) is 0 Å². The summed E-state index contributed by atoms with van der Waals surface area (Å²) in [6.07, 6.45) is 6.48. The van der Waals surface area contributed by atoms with Crippen LogP contribution in [0.2, 0.25) is 0 Å². The minimum Gasteiger partial charge on any atom is -0.126 e. The first-order valence-corrected chi connectivity index (χ1v) is 7.67. The third-order valence-electron chi connectivity index (χ3n) is 2.57. The quantitative estimate of drug-likeness (QED) is 0.652. The van der Waals surface area contributed by atoms with Crippen LogP contribution < -0.4 is 0 Å². The second kappa shape index (κ2) is 5.93. The standard InChI is InChI=1S/C10H12Br2Cl2/c11-4-9-2-1-8(5-13)3-10(9,6-12)7-14/h1-3,9H,4-7H2. The van der Waals surface area contributed by atoms with Crippen molar-refractivity contribution in [3.8, 4) is 0 Å². The predicted molar refractivity (Wildman–Crippen MR) is 72.2 cm³/mol. The molecule has 0 heterocycles. The Bertz CT molecular complexity index is 245. The van der Waals surface area contributed by atoms with Gasteiger partial charge in [-0.05, 0) is 11.5 Å². The van der Waals surface area contributed by atoms with Crippen LogP contribution in [0.5, 0.6) is 0 Å². The molecule has 2 unspecified atom stereocenters. The van der Waals surface area contributed by atoms with Crippen LogP contribution in [-0.2, 0) is 0 Å². The molecule has 0 nitrogen and oxygen atoms in total. The van der Waals surface area contributed by atoms with Gasteiger partial charge in [0.2, 0.25) is 0 Å². The maximum atomic E-state index is 6.06. The van der Waals surface area contributed by atoms with Gasteiger partial charge in [0, 0.05) is 27.8 Å². The first-order chi connectivity index (χ1) is 6.72. The Balaban J connectivity index is 2.97. The number of halogens is 4. The Hall–Kier alpha value is 1.02. The van der Waals surface area contributed by atoms with E-state index in [-0.39, 0.29) is 5.41 Å². The van der Waals surface area contributed by atoms with Gasteiger partial charge >= 0.3 is 0 Å². The van der Waals surface area contributed by atoms with Gasteiger partial charge in [-0.3, -0.25) is 0 Å². The highest BCUT2D eigenvalue weighted by Crippen LogP contribution is 2.39. The van der Waals surface area contributed by atoms with Crippen LogP contribution in [0, 0.1) is 11.3 Å². The number of rotatable bonds is 4. The molecule has 0 aromatic carbocycles. The normalized spacial score (nSPS) is 31.7. The van der Waals surface area contributed by atoms with Gasteiger partial charge in [0.25, 0.3) is 0 Å². The molecule has 14 heavy (non-hydrogen) atoms. The van der Waals surface area contributed by atoms with E-state index in [9.17, 15) is 0 Å². The van der Waals surface area contributed by atoms with Crippen LogP contribution in [-0.4, -0.2) is 22.4 Å². The minimum atomic E-state index is 0.00400. The molecule has 0 aromatic rings. The van der Waals surface area contributed by atoms with Crippen LogP contribution in [0.25, 0.3) is 0 Å². The monoisotopic (exact) mass is 360 g/mol. The molecule has 80 valence electrons. The van der Waals surface area contributed by atoms with Crippen molar-refractivity contribution in [1.82, 2.24) is 0 Å². The first kappa shape index (κ1) is 13.1. The minimum absolute atomic E-state index is 0.00400. The van der Waals surface area contributed by atoms with Crippen LogP contribution in [0.4, 0.5) is 0 Å². The van der Waals surface area contributed by atoms with Crippen LogP contribution >= 0.6 is 55.1 Å². The molecule has 1 aliphatic carbocycles. The fraction of sp³-hybridized carbons (Fsp3) is 0.600. The molecule has 1 rings (SSSR count). The predicted octanol–water partition coefficient (Wildman–Crippen LogP) is 4.35. The van der Waals surface area contributed by atoms with Gasteiger partial charge in [-0.15, -0.1) is 23.2 Å². The molecule has 0 aliphatic heterocycles. The Morgan fingerprint density at radius 3 is 2.50 bits per heavy atom. The van der Waals surface area contributed by atoms with Crippen molar-refractivity contribution in [2.45, 2.75) is 0 Å². The summed E-state index contributed by atoms with van der Waals surface area (Å²) in [5.74, 6) is 1.60. The lowest BCUT2D eigenvalue weighted by Crippen LogP contribution is -2.34. The van der Waals surface area contributed by atoms with Crippen molar-refractivity contribution in [3.63, 3.8) is 0 Å².